The van der Waals surface area contributed by atoms with Crippen molar-refractivity contribution in [2.24, 2.45) is 5.73 Å². The van der Waals surface area contributed by atoms with Crippen molar-refractivity contribution in [2.45, 2.75) is 39.4 Å². The van der Waals surface area contributed by atoms with Crippen LogP contribution in [0.5, 0.6) is 0 Å². The lowest BCUT2D eigenvalue weighted by Gasteiger charge is -2.27. The van der Waals surface area contributed by atoms with E-state index in [2.05, 4.69) is 10.4 Å². The summed E-state index contributed by atoms with van der Waals surface area (Å²) in [4.78, 5) is 25.9. The molecule has 0 atom stereocenters. The Morgan fingerprint density at radius 3 is 2.33 bits per heavy atom. The van der Waals surface area contributed by atoms with Crippen LogP contribution in [0.3, 0.4) is 0 Å². The van der Waals surface area contributed by atoms with Crippen molar-refractivity contribution in [1.82, 2.24) is 20.0 Å². The van der Waals surface area contributed by atoms with Gasteiger partial charge in [0.15, 0.2) is 0 Å². The highest BCUT2D eigenvalue weighted by Crippen LogP contribution is 2.30. The van der Waals surface area contributed by atoms with E-state index in [-0.39, 0.29) is 23.4 Å². The molecule has 0 bridgehead atoms. The van der Waals surface area contributed by atoms with Gasteiger partial charge >= 0.3 is 6.03 Å². The maximum absolute atomic E-state index is 13.7. The van der Waals surface area contributed by atoms with Gasteiger partial charge in [0.1, 0.15) is 17.3 Å². The van der Waals surface area contributed by atoms with Crippen LogP contribution < -0.4 is 11.1 Å². The maximum Gasteiger partial charge on any atom is 0.315 e. The molecular formula is C18H21F2N5O2. The van der Waals surface area contributed by atoms with E-state index in [1.807, 2.05) is 20.8 Å². The van der Waals surface area contributed by atoms with Gasteiger partial charge in [0.25, 0.3) is 5.91 Å². The van der Waals surface area contributed by atoms with Gasteiger partial charge in [-0.25, -0.2) is 13.6 Å². The third kappa shape index (κ3) is 3.91. The molecule has 3 amide bonds. The third-order valence-corrected chi connectivity index (χ3v) is 4.14. The number of urea groups is 1. The zero-order chi connectivity index (χ0) is 19.9. The minimum Gasteiger partial charge on any atom is -0.351 e. The van der Waals surface area contributed by atoms with Crippen LogP contribution in [0.2, 0.25) is 0 Å². The molecule has 2 aromatic rings. The fourth-order valence-corrected chi connectivity index (χ4v) is 3.04. The summed E-state index contributed by atoms with van der Waals surface area (Å²) >= 11 is 0. The lowest BCUT2D eigenvalue weighted by Crippen LogP contribution is -2.44. The molecule has 1 aliphatic heterocycles. The van der Waals surface area contributed by atoms with Gasteiger partial charge in [-0.1, -0.05) is 0 Å². The number of fused-ring (bicyclic) bond motifs is 1. The molecule has 1 aromatic carbocycles. The Kier molecular flexibility index (Phi) is 4.63. The number of nitrogens with one attached hydrogen (secondary N) is 1. The first kappa shape index (κ1) is 18.8. The number of amides is 3. The monoisotopic (exact) mass is 377 g/mol. The van der Waals surface area contributed by atoms with Crippen molar-refractivity contribution in [3.63, 3.8) is 0 Å². The Labute approximate surface area is 155 Å². The largest absolute Gasteiger partial charge is 0.351 e. The van der Waals surface area contributed by atoms with Crippen LogP contribution in [0.1, 0.15) is 36.8 Å². The van der Waals surface area contributed by atoms with Crippen molar-refractivity contribution < 1.29 is 18.4 Å². The average Bonchev–Trinajstić information content (AvgIpc) is 2.90. The van der Waals surface area contributed by atoms with Crippen molar-refractivity contribution in [3.05, 3.63) is 41.1 Å². The van der Waals surface area contributed by atoms with Crippen molar-refractivity contribution >= 4 is 11.9 Å². The molecule has 9 heteroatoms. The normalized spacial score (nSPS) is 14.0. The highest BCUT2D eigenvalue weighted by atomic mass is 19.1. The molecular weight excluding hydrogens is 356 g/mol. The summed E-state index contributed by atoms with van der Waals surface area (Å²) in [5, 5.41) is 7.23. The molecule has 0 radical (unpaired) electrons. The number of nitrogens with zero attached hydrogens (tertiary/aromatic N) is 3. The van der Waals surface area contributed by atoms with Gasteiger partial charge in [0.2, 0.25) is 0 Å². The lowest BCUT2D eigenvalue weighted by molar-refractivity contribution is 0.0916. The van der Waals surface area contributed by atoms with E-state index >= 15 is 0 Å². The van der Waals surface area contributed by atoms with E-state index in [0.717, 1.165) is 18.2 Å². The van der Waals surface area contributed by atoms with Crippen LogP contribution in [-0.2, 0) is 13.1 Å². The van der Waals surface area contributed by atoms with Gasteiger partial charge in [-0.15, -0.1) is 0 Å². The minimum atomic E-state index is -0.767. The molecule has 2 heterocycles. The fraction of sp³-hybridized carbons (Fsp3) is 0.389. The lowest BCUT2D eigenvalue weighted by atomic mass is 10.0. The topological polar surface area (TPSA) is 93.2 Å². The van der Waals surface area contributed by atoms with Crippen LogP contribution in [0, 0.1) is 11.6 Å². The number of aromatic nitrogens is 2. The first-order valence-corrected chi connectivity index (χ1v) is 8.48. The number of nitrogens with two attached hydrogens (primary N) is 1. The molecule has 0 saturated heterocycles. The van der Waals surface area contributed by atoms with E-state index in [1.54, 1.807) is 4.68 Å². The van der Waals surface area contributed by atoms with Gasteiger partial charge in [-0.2, -0.15) is 5.10 Å². The molecule has 1 aromatic heterocycles. The predicted molar refractivity (Wildman–Crippen MR) is 94.8 cm³/mol. The zero-order valence-electron chi connectivity index (χ0n) is 15.3. The number of hydrogen-bond acceptors (Lipinski definition) is 3. The summed E-state index contributed by atoms with van der Waals surface area (Å²) in [6.45, 7) is 6.20. The Bertz CT molecular complexity index is 897. The van der Waals surface area contributed by atoms with E-state index in [1.165, 1.54) is 4.90 Å². The predicted octanol–water partition coefficient (Wildman–Crippen LogP) is 2.25. The number of hydrogen-bond donors (Lipinski definition) is 2. The van der Waals surface area contributed by atoms with Crippen molar-refractivity contribution in [3.8, 4) is 11.3 Å². The SMILES string of the molecule is CC(C)(C)NC(=O)c1c(-c2cc(F)cc(F)c2)nn2c1CN(C(N)=O)CC2. The molecule has 0 unspecified atom stereocenters. The number of carbonyl (C=O) groups is 2. The first-order chi connectivity index (χ1) is 12.5. The van der Waals surface area contributed by atoms with Crippen LogP contribution in [-0.4, -0.2) is 38.7 Å². The summed E-state index contributed by atoms with van der Waals surface area (Å²) < 4.78 is 29.0. The molecule has 1 aliphatic rings. The summed E-state index contributed by atoms with van der Waals surface area (Å²) in [6, 6.07) is 2.39. The maximum atomic E-state index is 13.7. The van der Waals surface area contributed by atoms with Gasteiger partial charge in [-0.3, -0.25) is 9.48 Å². The van der Waals surface area contributed by atoms with E-state index < -0.39 is 29.1 Å². The number of primary amides is 1. The van der Waals surface area contributed by atoms with Gasteiger partial charge in [-0.05, 0) is 32.9 Å². The quantitative estimate of drug-likeness (QED) is 0.841. The molecule has 0 fully saturated rings. The van der Waals surface area contributed by atoms with Crippen molar-refractivity contribution in [1.29, 1.82) is 0 Å². The van der Waals surface area contributed by atoms with Gasteiger partial charge in [0, 0.05) is 23.7 Å². The first-order valence-electron chi connectivity index (χ1n) is 8.48. The molecule has 144 valence electrons. The van der Waals surface area contributed by atoms with Crippen LogP contribution in [0.25, 0.3) is 11.3 Å². The van der Waals surface area contributed by atoms with Gasteiger partial charge < -0.3 is 16.0 Å². The number of rotatable bonds is 2. The second kappa shape index (κ2) is 6.64. The Hall–Kier alpha value is -2.97. The Morgan fingerprint density at radius 1 is 1.15 bits per heavy atom. The number of halogens is 2. The van der Waals surface area contributed by atoms with Crippen LogP contribution >= 0.6 is 0 Å². The average molecular weight is 377 g/mol. The number of benzene rings is 1. The second-order valence-electron chi connectivity index (χ2n) is 7.52. The summed E-state index contributed by atoms with van der Waals surface area (Å²) in [5.74, 6) is -1.97. The zero-order valence-corrected chi connectivity index (χ0v) is 15.3. The van der Waals surface area contributed by atoms with Gasteiger partial charge in [0.05, 0.1) is 24.3 Å². The molecule has 27 heavy (non-hydrogen) atoms. The molecule has 0 saturated carbocycles. The molecule has 3 N–H and O–H groups in total. The van der Waals surface area contributed by atoms with Crippen LogP contribution in [0.4, 0.5) is 13.6 Å². The van der Waals surface area contributed by atoms with E-state index in [0.29, 0.717) is 18.8 Å². The highest BCUT2D eigenvalue weighted by Gasteiger charge is 2.31. The third-order valence-electron chi connectivity index (χ3n) is 4.14. The van der Waals surface area contributed by atoms with E-state index in [9.17, 15) is 18.4 Å². The molecule has 0 spiro atoms. The number of carbonyl (C=O) groups excluding carboxylic acids is 2. The summed E-state index contributed by atoms with van der Waals surface area (Å²) in [5.41, 5.74) is 5.80. The van der Waals surface area contributed by atoms with E-state index in [4.69, 9.17) is 5.73 Å². The summed E-state index contributed by atoms with van der Waals surface area (Å²) in [7, 11) is 0. The summed E-state index contributed by atoms with van der Waals surface area (Å²) in [6.07, 6.45) is 0. The standard InChI is InChI=1S/C18H21F2N5O2/c1-18(2,3)22-16(26)14-13-9-24(17(21)27)4-5-25(13)23-15(14)10-6-11(19)8-12(20)7-10/h6-8H,4-5,9H2,1-3H3,(H2,21,27)(H,22,26). The Balaban J connectivity index is 2.16. The van der Waals surface area contributed by atoms with Crippen molar-refractivity contribution in [2.75, 3.05) is 6.54 Å². The van der Waals surface area contributed by atoms with Crippen LogP contribution in [0.15, 0.2) is 18.2 Å². The fourth-order valence-electron chi connectivity index (χ4n) is 3.04. The molecule has 7 nitrogen and oxygen atoms in total. The smallest absolute Gasteiger partial charge is 0.315 e. The minimum absolute atomic E-state index is 0.0903. The highest BCUT2D eigenvalue weighted by molar-refractivity contribution is 6.01. The molecule has 3 rings (SSSR count). The second-order valence-corrected chi connectivity index (χ2v) is 7.52. The molecule has 0 aliphatic carbocycles. The Morgan fingerprint density at radius 2 is 1.78 bits per heavy atom.